The van der Waals surface area contributed by atoms with Crippen molar-refractivity contribution in [3.63, 3.8) is 0 Å². The molecule has 4 aromatic heterocycles. The minimum atomic E-state index is -4.38. The van der Waals surface area contributed by atoms with Crippen LogP contribution in [0.2, 0.25) is 0 Å². The highest BCUT2D eigenvalue weighted by Gasteiger charge is 2.29. The molecule has 0 unspecified atom stereocenters. The number of carbonyl (C=O) groups excluding carboxylic acids is 2. The molecule has 2 N–H and O–H groups in total. The molecule has 0 saturated heterocycles. The van der Waals surface area contributed by atoms with Gasteiger partial charge in [-0.05, 0) is 73.7 Å². The summed E-state index contributed by atoms with van der Waals surface area (Å²) in [6.07, 6.45) is 10.8. The SMILES string of the molecule is Cn1c2cnccc2c(=O)n1-c1ccc(C[C@H](NC(=O)c2cc(F)c(NS(=O)(=O)c3ccc(-n4cncn4)cc3)cc2F)C(=O)OC2CCCCC2)cn1. The van der Waals surface area contributed by atoms with Crippen molar-refractivity contribution in [2.75, 3.05) is 4.72 Å². The van der Waals surface area contributed by atoms with Crippen LogP contribution in [0.25, 0.3) is 22.4 Å². The number of benzene rings is 2. The fourth-order valence-electron chi connectivity index (χ4n) is 6.32. The molecule has 1 aliphatic rings. The smallest absolute Gasteiger partial charge is 0.329 e. The van der Waals surface area contributed by atoms with Gasteiger partial charge in [0.25, 0.3) is 21.5 Å². The lowest BCUT2D eigenvalue weighted by molar-refractivity contribution is -0.152. The van der Waals surface area contributed by atoms with Gasteiger partial charge in [0.2, 0.25) is 0 Å². The molecule has 18 heteroatoms. The number of ether oxygens (including phenoxy) is 1. The van der Waals surface area contributed by atoms with E-state index in [2.05, 4.69) is 25.4 Å². The summed E-state index contributed by atoms with van der Waals surface area (Å²) in [5.74, 6) is -4.07. The van der Waals surface area contributed by atoms with Crippen LogP contribution in [0.4, 0.5) is 14.5 Å². The number of aryl methyl sites for hydroxylation is 1. The topological polar surface area (TPSA) is 185 Å². The van der Waals surface area contributed by atoms with Gasteiger partial charge < -0.3 is 10.1 Å². The molecule has 1 atom stereocenters. The Morgan fingerprint density at radius 1 is 0.981 bits per heavy atom. The van der Waals surface area contributed by atoms with Gasteiger partial charge in [-0.25, -0.2) is 36.6 Å². The molecule has 2 aromatic carbocycles. The third-order valence-electron chi connectivity index (χ3n) is 9.14. The summed E-state index contributed by atoms with van der Waals surface area (Å²) < 4.78 is 68.9. The van der Waals surface area contributed by atoms with Gasteiger partial charge in [-0.1, -0.05) is 12.5 Å². The van der Waals surface area contributed by atoms with Crippen molar-refractivity contribution in [1.29, 1.82) is 0 Å². The highest BCUT2D eigenvalue weighted by Crippen LogP contribution is 2.25. The Kier molecular flexibility index (Phi) is 10.0. The summed E-state index contributed by atoms with van der Waals surface area (Å²) in [7, 11) is -2.68. The molecule has 278 valence electrons. The molecule has 6 aromatic rings. The number of hydrogen-bond donors (Lipinski definition) is 2. The molecule has 1 amide bonds. The third kappa shape index (κ3) is 7.45. The van der Waals surface area contributed by atoms with Crippen LogP contribution >= 0.6 is 0 Å². The maximum Gasteiger partial charge on any atom is 0.329 e. The van der Waals surface area contributed by atoms with Crippen molar-refractivity contribution in [3.05, 3.63) is 119 Å². The molecule has 0 spiro atoms. The van der Waals surface area contributed by atoms with Crippen LogP contribution < -0.4 is 15.6 Å². The number of nitrogens with one attached hydrogen (secondary N) is 2. The Morgan fingerprint density at radius 3 is 2.44 bits per heavy atom. The predicted octanol–water partition coefficient (Wildman–Crippen LogP) is 4.00. The summed E-state index contributed by atoms with van der Waals surface area (Å²) in [5, 5.41) is 6.89. The number of pyridine rings is 2. The zero-order chi connectivity index (χ0) is 38.0. The average Bonchev–Trinajstić information content (AvgIpc) is 3.80. The van der Waals surface area contributed by atoms with Crippen LogP contribution in [-0.2, 0) is 33.0 Å². The van der Waals surface area contributed by atoms with E-state index in [9.17, 15) is 22.8 Å². The number of carbonyl (C=O) groups is 2. The van der Waals surface area contributed by atoms with Gasteiger partial charge >= 0.3 is 5.97 Å². The quantitative estimate of drug-likeness (QED) is 0.183. The first-order chi connectivity index (χ1) is 26.0. The molecule has 15 nitrogen and oxygen atoms in total. The molecule has 0 bridgehead atoms. The Labute approximate surface area is 306 Å². The second kappa shape index (κ2) is 15.0. The highest BCUT2D eigenvalue weighted by atomic mass is 32.2. The molecular weight excluding hydrogens is 725 g/mol. The first-order valence-electron chi connectivity index (χ1n) is 16.9. The Hall–Kier alpha value is -6.30. The van der Waals surface area contributed by atoms with Gasteiger partial charge in [0.1, 0.15) is 36.4 Å². The van der Waals surface area contributed by atoms with Gasteiger partial charge in [-0.15, -0.1) is 0 Å². The van der Waals surface area contributed by atoms with Gasteiger partial charge in [-0.2, -0.15) is 9.78 Å². The molecule has 0 radical (unpaired) electrons. The first-order valence-corrected chi connectivity index (χ1v) is 18.4. The molecule has 1 fully saturated rings. The van der Waals surface area contributed by atoms with E-state index in [1.807, 2.05) is 4.72 Å². The fourth-order valence-corrected chi connectivity index (χ4v) is 7.38. The molecule has 0 aliphatic heterocycles. The van der Waals surface area contributed by atoms with Crippen molar-refractivity contribution >= 4 is 38.5 Å². The van der Waals surface area contributed by atoms with Crippen LogP contribution in [0.5, 0.6) is 0 Å². The van der Waals surface area contributed by atoms with Gasteiger partial charge in [-0.3, -0.25) is 24.0 Å². The van der Waals surface area contributed by atoms with E-state index in [0.717, 1.165) is 19.3 Å². The lowest BCUT2D eigenvalue weighted by Crippen LogP contribution is -2.45. The number of rotatable bonds is 11. The zero-order valence-corrected chi connectivity index (χ0v) is 29.5. The van der Waals surface area contributed by atoms with Crippen LogP contribution in [0, 0.1) is 11.6 Å². The largest absolute Gasteiger partial charge is 0.461 e. The normalized spacial score (nSPS) is 14.1. The van der Waals surface area contributed by atoms with Crippen molar-refractivity contribution < 1.29 is 31.5 Å². The highest BCUT2D eigenvalue weighted by molar-refractivity contribution is 7.92. The number of halogens is 2. The van der Waals surface area contributed by atoms with Crippen molar-refractivity contribution in [1.82, 2.24) is 39.4 Å². The molecule has 7 rings (SSSR count). The number of aromatic nitrogens is 7. The lowest BCUT2D eigenvalue weighted by Gasteiger charge is -2.25. The van der Waals surface area contributed by atoms with E-state index >= 15 is 8.78 Å². The van der Waals surface area contributed by atoms with Crippen molar-refractivity contribution in [3.8, 4) is 11.5 Å². The minimum Gasteiger partial charge on any atom is -0.461 e. The lowest BCUT2D eigenvalue weighted by atomic mass is 9.97. The van der Waals surface area contributed by atoms with Crippen LogP contribution in [-0.4, -0.2) is 66.5 Å². The summed E-state index contributed by atoms with van der Waals surface area (Å²) in [6, 6.07) is 10.0. The number of nitrogens with zero attached hydrogens (tertiary/aromatic N) is 7. The monoisotopic (exact) mass is 757 g/mol. The molecule has 1 saturated carbocycles. The zero-order valence-electron chi connectivity index (χ0n) is 28.7. The average molecular weight is 758 g/mol. The van der Waals surface area contributed by atoms with E-state index in [1.165, 1.54) is 58.7 Å². The van der Waals surface area contributed by atoms with Gasteiger partial charge in [0.15, 0.2) is 5.82 Å². The number of fused-ring (bicyclic) bond motifs is 1. The van der Waals surface area contributed by atoms with Gasteiger partial charge in [0, 0.05) is 31.9 Å². The summed E-state index contributed by atoms with van der Waals surface area (Å²) >= 11 is 0. The van der Waals surface area contributed by atoms with E-state index in [1.54, 1.807) is 36.1 Å². The molecule has 4 heterocycles. The minimum absolute atomic E-state index is 0.129. The second-order valence-corrected chi connectivity index (χ2v) is 14.4. The number of anilines is 1. The maximum absolute atomic E-state index is 15.4. The van der Waals surface area contributed by atoms with E-state index in [0.29, 0.717) is 52.9 Å². The maximum atomic E-state index is 15.4. The van der Waals surface area contributed by atoms with Crippen molar-refractivity contribution in [2.45, 2.75) is 55.6 Å². The molecular formula is C36H33F2N9O6S. The fraction of sp³-hybridized carbons (Fsp3) is 0.250. The van der Waals surface area contributed by atoms with E-state index in [-0.39, 0.29) is 23.0 Å². The number of esters is 1. The van der Waals surface area contributed by atoms with Crippen molar-refractivity contribution in [2.24, 2.45) is 7.05 Å². The summed E-state index contributed by atoms with van der Waals surface area (Å²) in [4.78, 5) is 52.1. The van der Waals surface area contributed by atoms with Crippen LogP contribution in [0.3, 0.4) is 0 Å². The predicted molar refractivity (Wildman–Crippen MR) is 191 cm³/mol. The molecule has 54 heavy (non-hydrogen) atoms. The standard InChI is InChI=1S/C36H33F2N9O6S/c1-45-32-19-39-14-13-26(32)35(49)47(45)33-12-7-22(18-41-33)15-31(36(50)53-24-5-3-2-4-6-24)43-34(48)27-16-29(38)30(17-28(27)37)44-54(51,52)25-10-8-23(9-11-25)46-21-40-20-42-46/h7-14,16-21,24,31,44H,2-6,15H2,1H3,(H,43,48)/t31-/m0/s1. The van der Waals surface area contributed by atoms with Crippen LogP contribution in [0.1, 0.15) is 48.0 Å². The Balaban J connectivity index is 1.10. The number of hydrogen-bond acceptors (Lipinski definition) is 10. The van der Waals surface area contributed by atoms with Crippen LogP contribution in [0.15, 0.2) is 95.5 Å². The van der Waals surface area contributed by atoms with E-state index in [4.69, 9.17) is 4.74 Å². The number of amides is 1. The molecule has 1 aliphatic carbocycles. The van der Waals surface area contributed by atoms with E-state index < -0.39 is 50.8 Å². The number of sulfonamides is 1. The first kappa shape index (κ1) is 36.1. The second-order valence-electron chi connectivity index (χ2n) is 12.7. The van der Waals surface area contributed by atoms with Gasteiger partial charge in [0.05, 0.1) is 38.9 Å². The third-order valence-corrected chi connectivity index (χ3v) is 10.5. The Bertz CT molecular complexity index is 2500. The Morgan fingerprint density at radius 2 is 1.76 bits per heavy atom. The summed E-state index contributed by atoms with van der Waals surface area (Å²) in [6.45, 7) is 0. The summed E-state index contributed by atoms with van der Waals surface area (Å²) in [5.41, 5.74) is -0.202.